The molecule has 14 nitrogen and oxygen atoms in total. The number of nitrogens with zero attached hydrogens (tertiary/aromatic N) is 8. The molecule has 0 bridgehead atoms. The molecule has 10 rings (SSSR count). The third-order valence-corrected chi connectivity index (χ3v) is 10.8. The summed E-state index contributed by atoms with van der Waals surface area (Å²) in [7, 11) is 0. The number of anilines is 8. The maximum atomic E-state index is 14.5. The van der Waals surface area contributed by atoms with Crippen LogP contribution in [0.15, 0.2) is 116 Å². The van der Waals surface area contributed by atoms with E-state index in [9.17, 15) is 8.78 Å². The van der Waals surface area contributed by atoms with Crippen LogP contribution < -0.4 is 31.9 Å². The van der Waals surface area contributed by atoms with Gasteiger partial charge in [-0.1, -0.05) is 23.7 Å². The predicted octanol–water partition coefficient (Wildman–Crippen LogP) is 8.64. The molecule has 2 aliphatic rings. The van der Waals surface area contributed by atoms with E-state index in [1.54, 1.807) is 42.7 Å². The van der Waals surface area contributed by atoms with Gasteiger partial charge in [0.25, 0.3) is 0 Å². The van der Waals surface area contributed by atoms with Crippen LogP contribution in [-0.2, 0) is 9.47 Å². The van der Waals surface area contributed by atoms with Gasteiger partial charge in [0.15, 0.2) is 0 Å². The van der Waals surface area contributed by atoms with Crippen molar-refractivity contribution < 1.29 is 18.3 Å². The van der Waals surface area contributed by atoms with Gasteiger partial charge < -0.3 is 41.4 Å². The van der Waals surface area contributed by atoms with Crippen LogP contribution in [0.4, 0.5) is 55.1 Å². The molecule has 6 heterocycles. The highest BCUT2D eigenvalue weighted by Crippen LogP contribution is 2.34. The van der Waals surface area contributed by atoms with E-state index in [-0.39, 0.29) is 17.2 Å². The Bertz CT molecular complexity index is 2900. The second kappa shape index (κ2) is 18.4. The molecule has 0 radical (unpaired) electrons. The summed E-state index contributed by atoms with van der Waals surface area (Å²) in [5.41, 5.74) is 18.6. The fraction of sp³-hybridized carbons (Fsp3) is 0.174. The second-order valence-corrected chi connectivity index (χ2v) is 15.1. The number of hydrogen-bond donors (Lipinski definition) is 4. The Labute approximate surface area is 365 Å². The molecule has 0 aliphatic carbocycles. The summed E-state index contributed by atoms with van der Waals surface area (Å²) in [5.74, 6) is 0.388. The van der Waals surface area contributed by atoms with Crippen LogP contribution in [-0.4, -0.2) is 82.5 Å². The number of ether oxygens (including phenoxy) is 2. The number of hydrogen-bond acceptors (Lipinski definition) is 14. The van der Waals surface area contributed by atoms with Crippen LogP contribution in [0.3, 0.4) is 0 Å². The Kier molecular flexibility index (Phi) is 12.0. The quantitative estimate of drug-likeness (QED) is 0.114. The van der Waals surface area contributed by atoms with E-state index in [0.717, 1.165) is 75.4 Å². The minimum Gasteiger partial charge on any atom is -0.383 e. The van der Waals surface area contributed by atoms with Gasteiger partial charge in [-0.3, -0.25) is 9.97 Å². The van der Waals surface area contributed by atoms with E-state index in [1.807, 2.05) is 48.5 Å². The number of fused-ring (bicyclic) bond motifs is 2. The predicted molar refractivity (Wildman–Crippen MR) is 245 cm³/mol. The van der Waals surface area contributed by atoms with Crippen molar-refractivity contribution in [3.63, 3.8) is 0 Å². The first-order chi connectivity index (χ1) is 30.8. The summed E-state index contributed by atoms with van der Waals surface area (Å²) in [6.45, 7) is 6.43. The van der Waals surface area contributed by atoms with E-state index < -0.39 is 5.82 Å². The first-order valence-corrected chi connectivity index (χ1v) is 20.6. The van der Waals surface area contributed by atoms with E-state index in [1.165, 1.54) is 24.3 Å². The second-order valence-electron chi connectivity index (χ2n) is 14.6. The smallest absolute Gasteiger partial charge is 0.229 e. The molecule has 0 unspecified atom stereocenters. The summed E-state index contributed by atoms with van der Waals surface area (Å²) in [4.78, 5) is 31.2. The molecule has 17 heteroatoms. The van der Waals surface area contributed by atoms with Gasteiger partial charge in [0.1, 0.15) is 34.3 Å². The molecule has 4 aromatic carbocycles. The Hall–Kier alpha value is -7.27. The number of nitrogen functional groups attached to an aromatic ring is 2. The molecule has 6 N–H and O–H groups in total. The summed E-state index contributed by atoms with van der Waals surface area (Å²) < 4.78 is 39.7. The zero-order chi connectivity index (χ0) is 43.3. The molecule has 0 saturated carbocycles. The van der Waals surface area contributed by atoms with Gasteiger partial charge in [-0.15, -0.1) is 0 Å². The SMILES string of the molecule is Nc1nc(Nc2ccc(N3CCOCC3)cc2)nc2c(-c3cc(Cl)ccc3F)nccc12.Nc1nc(Nc2ccc(N3CCOCC3)cc2)nc2c(-c3ccccc3F)nccc12. The highest BCUT2D eigenvalue weighted by Gasteiger charge is 2.18. The number of halogens is 3. The average molecular weight is 867 g/mol. The molecule has 63 heavy (non-hydrogen) atoms. The van der Waals surface area contributed by atoms with Crippen LogP contribution in [0.2, 0.25) is 5.02 Å². The van der Waals surface area contributed by atoms with Gasteiger partial charge in [0.05, 0.1) is 37.8 Å². The lowest BCUT2D eigenvalue weighted by Gasteiger charge is -2.28. The van der Waals surface area contributed by atoms with E-state index in [4.69, 9.17) is 32.5 Å². The highest BCUT2D eigenvalue weighted by molar-refractivity contribution is 6.30. The van der Waals surface area contributed by atoms with E-state index in [2.05, 4.69) is 50.3 Å². The monoisotopic (exact) mass is 866 g/mol. The summed E-state index contributed by atoms with van der Waals surface area (Å²) in [6.07, 6.45) is 3.14. The van der Waals surface area contributed by atoms with Crippen LogP contribution in [0, 0.1) is 11.6 Å². The number of pyridine rings is 2. The topological polar surface area (TPSA) is 178 Å². The molecule has 318 valence electrons. The molecule has 0 atom stereocenters. The normalized spacial score (nSPS) is 14.0. The van der Waals surface area contributed by atoms with Gasteiger partial charge in [-0.05, 0) is 91.0 Å². The Morgan fingerprint density at radius 1 is 0.540 bits per heavy atom. The summed E-state index contributed by atoms with van der Waals surface area (Å²) in [6, 6.07) is 30.2. The average Bonchev–Trinajstić information content (AvgIpc) is 3.31. The Balaban J connectivity index is 0.000000160. The molecule has 0 spiro atoms. The van der Waals surface area contributed by atoms with Crippen molar-refractivity contribution in [2.24, 2.45) is 0 Å². The standard InChI is InChI=1S/C23H20ClFN6O.C23H21FN6O/c24-14-1-6-19(25)18(13-14)20-21-17(7-8-27-20)22(26)30-23(29-21)28-15-2-4-16(5-3-15)31-9-11-32-12-10-31;24-19-4-2-1-3-17(19)20-21-18(9-10-26-20)22(25)29-23(28-21)27-15-5-7-16(8-6-15)30-11-13-31-14-12-30/h1-8,13H,9-12H2,(H3,26,28,29,30);1-10H,11-14H2,(H3,25,27,28,29). The maximum Gasteiger partial charge on any atom is 0.229 e. The Morgan fingerprint density at radius 3 is 1.49 bits per heavy atom. The van der Waals surface area contributed by atoms with Gasteiger partial charge in [0.2, 0.25) is 11.9 Å². The van der Waals surface area contributed by atoms with E-state index >= 15 is 0 Å². The third kappa shape index (κ3) is 9.18. The largest absolute Gasteiger partial charge is 0.383 e. The molecular formula is C46H41ClF2N12O2. The minimum absolute atomic E-state index is 0.252. The van der Waals surface area contributed by atoms with Crippen molar-refractivity contribution in [2.45, 2.75) is 0 Å². The number of nitrogens with one attached hydrogen (secondary N) is 2. The lowest BCUT2D eigenvalue weighted by molar-refractivity contribution is 0.122. The van der Waals surface area contributed by atoms with Gasteiger partial charge in [0, 0.05) is 88.2 Å². The first kappa shape index (κ1) is 41.1. The van der Waals surface area contributed by atoms with Crippen LogP contribution >= 0.6 is 11.6 Å². The zero-order valence-electron chi connectivity index (χ0n) is 33.8. The number of benzene rings is 4. The van der Waals surface area contributed by atoms with Crippen molar-refractivity contribution in [3.05, 3.63) is 132 Å². The van der Waals surface area contributed by atoms with E-state index in [0.29, 0.717) is 61.5 Å². The first-order valence-electron chi connectivity index (χ1n) is 20.2. The third-order valence-electron chi connectivity index (χ3n) is 10.6. The van der Waals surface area contributed by atoms with Crippen molar-refractivity contribution in [3.8, 4) is 22.5 Å². The zero-order valence-corrected chi connectivity index (χ0v) is 34.6. The van der Waals surface area contributed by atoms with Gasteiger partial charge in [-0.25, -0.2) is 18.7 Å². The molecule has 0 amide bonds. The number of rotatable bonds is 8. The van der Waals surface area contributed by atoms with Gasteiger partial charge in [-0.2, -0.15) is 9.97 Å². The molecule has 8 aromatic rings. The highest BCUT2D eigenvalue weighted by atomic mass is 35.5. The van der Waals surface area contributed by atoms with Crippen molar-refractivity contribution in [1.29, 1.82) is 0 Å². The van der Waals surface area contributed by atoms with Crippen molar-refractivity contribution >= 4 is 79.7 Å². The maximum absolute atomic E-state index is 14.5. The summed E-state index contributed by atoms with van der Waals surface area (Å²) >= 11 is 6.08. The lowest BCUT2D eigenvalue weighted by atomic mass is 10.1. The Morgan fingerprint density at radius 2 is 1.00 bits per heavy atom. The number of nitrogens with two attached hydrogens (primary N) is 2. The van der Waals surface area contributed by atoms with Crippen LogP contribution in [0.5, 0.6) is 0 Å². The lowest BCUT2D eigenvalue weighted by Crippen LogP contribution is -2.36. The fourth-order valence-corrected chi connectivity index (χ4v) is 7.58. The molecule has 4 aromatic heterocycles. The van der Waals surface area contributed by atoms with Crippen molar-refractivity contribution in [2.75, 3.05) is 84.5 Å². The molecule has 2 saturated heterocycles. The molecular weight excluding hydrogens is 826 g/mol. The summed E-state index contributed by atoms with van der Waals surface area (Å²) in [5, 5.41) is 7.99. The fourth-order valence-electron chi connectivity index (χ4n) is 7.41. The van der Waals surface area contributed by atoms with Crippen molar-refractivity contribution in [1.82, 2.24) is 29.9 Å². The van der Waals surface area contributed by atoms with Gasteiger partial charge >= 0.3 is 0 Å². The van der Waals surface area contributed by atoms with Crippen LogP contribution in [0.25, 0.3) is 44.3 Å². The van der Waals surface area contributed by atoms with Crippen LogP contribution in [0.1, 0.15) is 0 Å². The number of morpholine rings is 2. The molecule has 2 aliphatic heterocycles. The molecule has 2 fully saturated rings. The number of aromatic nitrogens is 6. The minimum atomic E-state index is -0.445.